The number of benzene rings is 1. The number of aromatic nitrogens is 3. The van der Waals surface area contributed by atoms with Crippen LogP contribution < -0.4 is 5.32 Å². The van der Waals surface area contributed by atoms with Crippen molar-refractivity contribution >= 4 is 17.3 Å². The van der Waals surface area contributed by atoms with E-state index < -0.39 is 0 Å². The van der Waals surface area contributed by atoms with Gasteiger partial charge in [0.15, 0.2) is 0 Å². The highest BCUT2D eigenvalue weighted by Crippen LogP contribution is 2.14. The molecule has 0 aliphatic carbocycles. The zero-order chi connectivity index (χ0) is 13.8. The molecule has 1 aromatic carbocycles. The van der Waals surface area contributed by atoms with E-state index >= 15 is 0 Å². The highest BCUT2D eigenvalue weighted by atomic mass is 35.5. The van der Waals surface area contributed by atoms with Crippen molar-refractivity contribution in [2.45, 2.75) is 6.54 Å². The second-order valence-electron chi connectivity index (χ2n) is 4.36. The zero-order valence-electron chi connectivity index (χ0n) is 10.7. The molecule has 2 heterocycles. The van der Waals surface area contributed by atoms with Gasteiger partial charge in [0.05, 0.1) is 11.9 Å². The fourth-order valence-corrected chi connectivity index (χ4v) is 2.10. The molecule has 0 amide bonds. The van der Waals surface area contributed by atoms with Gasteiger partial charge in [-0.25, -0.2) is 9.97 Å². The average Bonchev–Trinajstić information content (AvgIpc) is 3.00. The second kappa shape index (κ2) is 5.75. The summed E-state index contributed by atoms with van der Waals surface area (Å²) >= 11 is 5.96. The molecule has 100 valence electrons. The Bertz CT molecular complexity index is 677. The first-order valence-corrected chi connectivity index (χ1v) is 6.62. The summed E-state index contributed by atoms with van der Waals surface area (Å²) in [7, 11) is 0. The summed E-state index contributed by atoms with van der Waals surface area (Å²) in [5.41, 5.74) is 2.10. The number of rotatable bonds is 4. The molecule has 3 rings (SSSR count). The fourth-order valence-electron chi connectivity index (χ4n) is 1.89. The standard InChI is InChI=1S/C15H13ClN4/c16-13-3-1-2-12(8-13)9-18-14-4-5-15(19-10-14)20-7-6-17-11-20/h1-8,10-11,18H,9H2. The highest BCUT2D eigenvalue weighted by Gasteiger charge is 1.99. The van der Waals surface area contributed by atoms with Crippen molar-refractivity contribution in [2.75, 3.05) is 5.32 Å². The average molecular weight is 285 g/mol. The van der Waals surface area contributed by atoms with Gasteiger partial charge in [-0.15, -0.1) is 0 Å². The minimum absolute atomic E-state index is 0.715. The van der Waals surface area contributed by atoms with Crippen LogP contribution in [-0.2, 0) is 6.54 Å². The van der Waals surface area contributed by atoms with Crippen molar-refractivity contribution in [3.63, 3.8) is 0 Å². The lowest BCUT2D eigenvalue weighted by atomic mass is 10.2. The maximum atomic E-state index is 5.96. The molecule has 0 atom stereocenters. The molecule has 20 heavy (non-hydrogen) atoms. The first-order chi connectivity index (χ1) is 9.81. The Morgan fingerprint density at radius 2 is 2.15 bits per heavy atom. The maximum Gasteiger partial charge on any atom is 0.137 e. The van der Waals surface area contributed by atoms with Crippen LogP contribution in [0.4, 0.5) is 5.69 Å². The van der Waals surface area contributed by atoms with E-state index in [1.165, 1.54) is 0 Å². The molecule has 0 spiro atoms. The van der Waals surface area contributed by atoms with Gasteiger partial charge in [-0.2, -0.15) is 0 Å². The summed E-state index contributed by atoms with van der Waals surface area (Å²) in [6, 6.07) is 11.7. The Kier molecular flexibility index (Phi) is 3.65. The molecule has 0 unspecified atom stereocenters. The highest BCUT2D eigenvalue weighted by molar-refractivity contribution is 6.30. The van der Waals surface area contributed by atoms with Crippen LogP contribution in [0.1, 0.15) is 5.56 Å². The smallest absolute Gasteiger partial charge is 0.137 e. The van der Waals surface area contributed by atoms with Gasteiger partial charge in [-0.05, 0) is 29.8 Å². The predicted molar refractivity (Wildman–Crippen MR) is 80.1 cm³/mol. The lowest BCUT2D eigenvalue weighted by Crippen LogP contribution is -2.01. The van der Waals surface area contributed by atoms with E-state index in [0.717, 1.165) is 22.1 Å². The van der Waals surface area contributed by atoms with Gasteiger partial charge < -0.3 is 5.32 Å². The zero-order valence-corrected chi connectivity index (χ0v) is 11.5. The van der Waals surface area contributed by atoms with Crippen LogP contribution in [0.2, 0.25) is 5.02 Å². The molecule has 3 aromatic rings. The number of pyridine rings is 1. The molecule has 0 saturated carbocycles. The largest absolute Gasteiger partial charge is 0.380 e. The van der Waals surface area contributed by atoms with E-state index in [-0.39, 0.29) is 0 Å². The molecule has 4 nitrogen and oxygen atoms in total. The van der Waals surface area contributed by atoms with E-state index in [4.69, 9.17) is 11.6 Å². The quantitative estimate of drug-likeness (QED) is 0.797. The number of hydrogen-bond acceptors (Lipinski definition) is 3. The number of anilines is 1. The third kappa shape index (κ3) is 2.97. The molecule has 0 aliphatic rings. The maximum absolute atomic E-state index is 5.96. The van der Waals surface area contributed by atoms with Crippen LogP contribution in [0.3, 0.4) is 0 Å². The number of hydrogen-bond donors (Lipinski definition) is 1. The monoisotopic (exact) mass is 284 g/mol. The van der Waals surface area contributed by atoms with Crippen LogP contribution in [0.25, 0.3) is 5.82 Å². The van der Waals surface area contributed by atoms with E-state index in [0.29, 0.717) is 6.54 Å². The van der Waals surface area contributed by atoms with Crippen molar-refractivity contribution in [1.82, 2.24) is 14.5 Å². The summed E-state index contributed by atoms with van der Waals surface area (Å²) in [6.45, 7) is 0.715. The Morgan fingerprint density at radius 1 is 1.20 bits per heavy atom. The van der Waals surface area contributed by atoms with Gasteiger partial charge in [0.2, 0.25) is 0 Å². The van der Waals surface area contributed by atoms with Gasteiger partial charge in [-0.3, -0.25) is 4.57 Å². The minimum atomic E-state index is 0.715. The van der Waals surface area contributed by atoms with Crippen LogP contribution in [0.5, 0.6) is 0 Å². The number of nitrogens with one attached hydrogen (secondary N) is 1. The Labute approximate surface area is 122 Å². The van der Waals surface area contributed by atoms with Gasteiger partial charge in [0.25, 0.3) is 0 Å². The molecule has 0 aliphatic heterocycles. The summed E-state index contributed by atoms with van der Waals surface area (Å²) in [6.07, 6.45) is 7.12. The lowest BCUT2D eigenvalue weighted by molar-refractivity contribution is 0.990. The summed E-state index contributed by atoms with van der Waals surface area (Å²) in [5, 5.41) is 4.06. The van der Waals surface area contributed by atoms with Gasteiger partial charge in [0, 0.05) is 24.0 Å². The van der Waals surface area contributed by atoms with Crippen LogP contribution >= 0.6 is 11.6 Å². The summed E-state index contributed by atoms with van der Waals surface area (Å²) in [4.78, 5) is 8.39. The second-order valence-corrected chi connectivity index (χ2v) is 4.79. The number of halogens is 1. The third-order valence-electron chi connectivity index (χ3n) is 2.90. The topological polar surface area (TPSA) is 42.7 Å². The Hall–Kier alpha value is -2.33. The summed E-state index contributed by atoms with van der Waals surface area (Å²) < 4.78 is 1.86. The van der Waals surface area contributed by atoms with Crippen LogP contribution in [0.15, 0.2) is 61.3 Å². The van der Waals surface area contributed by atoms with Crippen molar-refractivity contribution in [3.8, 4) is 5.82 Å². The van der Waals surface area contributed by atoms with E-state index in [9.17, 15) is 0 Å². The normalized spacial score (nSPS) is 10.4. The van der Waals surface area contributed by atoms with Crippen molar-refractivity contribution in [3.05, 3.63) is 71.9 Å². The van der Waals surface area contributed by atoms with E-state index in [1.807, 2.05) is 47.2 Å². The number of imidazole rings is 1. The minimum Gasteiger partial charge on any atom is -0.380 e. The molecule has 0 bridgehead atoms. The SMILES string of the molecule is Clc1cccc(CNc2ccc(-n3ccnc3)nc2)c1. The van der Waals surface area contributed by atoms with Gasteiger partial charge in [0.1, 0.15) is 12.1 Å². The van der Waals surface area contributed by atoms with Crippen LogP contribution in [0, 0.1) is 0 Å². The molecule has 5 heteroatoms. The first kappa shape index (κ1) is 12.7. The van der Waals surface area contributed by atoms with Gasteiger partial charge in [-0.1, -0.05) is 23.7 Å². The van der Waals surface area contributed by atoms with E-state index in [1.54, 1.807) is 18.7 Å². The first-order valence-electron chi connectivity index (χ1n) is 6.24. The molecular formula is C15H13ClN4. The predicted octanol–water partition coefficient (Wildman–Crippen LogP) is 3.53. The van der Waals surface area contributed by atoms with Crippen molar-refractivity contribution in [1.29, 1.82) is 0 Å². The van der Waals surface area contributed by atoms with Crippen molar-refractivity contribution in [2.24, 2.45) is 0 Å². The van der Waals surface area contributed by atoms with Gasteiger partial charge >= 0.3 is 0 Å². The van der Waals surface area contributed by atoms with E-state index in [2.05, 4.69) is 15.3 Å². The summed E-state index contributed by atoms with van der Waals surface area (Å²) in [5.74, 6) is 0.843. The molecule has 0 fully saturated rings. The van der Waals surface area contributed by atoms with Crippen molar-refractivity contribution < 1.29 is 0 Å². The lowest BCUT2D eigenvalue weighted by Gasteiger charge is -2.07. The fraction of sp³-hybridized carbons (Fsp3) is 0.0667. The van der Waals surface area contributed by atoms with Crippen LogP contribution in [-0.4, -0.2) is 14.5 Å². The molecule has 1 N–H and O–H groups in total. The molecular weight excluding hydrogens is 272 g/mol. The molecule has 0 saturated heterocycles. The Balaban J connectivity index is 1.67. The number of nitrogens with zero attached hydrogens (tertiary/aromatic N) is 3. The molecule has 0 radical (unpaired) electrons. The Morgan fingerprint density at radius 3 is 2.85 bits per heavy atom. The molecule has 2 aromatic heterocycles. The third-order valence-corrected chi connectivity index (χ3v) is 3.14.